The van der Waals surface area contributed by atoms with Crippen LogP contribution in [0.1, 0.15) is 17.5 Å². The molecule has 6 heteroatoms. The van der Waals surface area contributed by atoms with E-state index in [0.717, 1.165) is 0 Å². The Morgan fingerprint density at radius 1 is 1.22 bits per heavy atom. The first-order valence-electron chi connectivity index (χ1n) is 5.31. The lowest BCUT2D eigenvalue weighted by atomic mass is 10.1. The Labute approximate surface area is 102 Å². The fraction of sp³-hybridized carbons (Fsp3) is 0.417. The van der Waals surface area contributed by atoms with E-state index >= 15 is 0 Å². The lowest BCUT2D eigenvalue weighted by molar-refractivity contribution is -0.146. The molecule has 0 heterocycles. The first-order valence-corrected chi connectivity index (χ1v) is 5.31. The van der Waals surface area contributed by atoms with Gasteiger partial charge in [0.05, 0.1) is 26.1 Å². The number of carboxylic acid groups (broad SMARTS) is 1. The van der Waals surface area contributed by atoms with Crippen molar-refractivity contribution in [3.63, 3.8) is 0 Å². The van der Waals surface area contributed by atoms with Gasteiger partial charge in [0.15, 0.2) is 0 Å². The summed E-state index contributed by atoms with van der Waals surface area (Å²) in [6, 6.07) is 6.63. The molecule has 1 aromatic carbocycles. The van der Waals surface area contributed by atoms with Crippen LogP contribution in [0.25, 0.3) is 0 Å². The maximum absolute atomic E-state index is 11.9. The molecule has 0 unspecified atom stereocenters. The highest BCUT2D eigenvalue weighted by Crippen LogP contribution is 2.19. The molecule has 0 spiro atoms. The van der Waals surface area contributed by atoms with E-state index in [1.54, 1.807) is 24.3 Å². The fourth-order valence-corrected chi connectivity index (χ4v) is 1.40. The number of carbonyl (C=O) groups is 1. The van der Waals surface area contributed by atoms with Crippen molar-refractivity contribution in [3.05, 3.63) is 35.4 Å². The smallest absolute Gasteiger partial charge is 0.391 e. The topological polar surface area (TPSA) is 46.5 Å². The molecule has 0 aliphatic heterocycles. The molecule has 0 aliphatic carbocycles. The molecule has 0 amide bonds. The van der Waals surface area contributed by atoms with Crippen LogP contribution in [0.4, 0.5) is 13.2 Å². The Bertz CT molecular complexity index is 402. The largest absolute Gasteiger partial charge is 0.481 e. The zero-order valence-electron chi connectivity index (χ0n) is 9.54. The van der Waals surface area contributed by atoms with Gasteiger partial charge in [-0.25, -0.2) is 0 Å². The van der Waals surface area contributed by atoms with Gasteiger partial charge < -0.3 is 9.84 Å². The summed E-state index contributed by atoms with van der Waals surface area (Å²) in [5.41, 5.74) is 1.15. The number of aliphatic carboxylic acids is 1. The zero-order chi connectivity index (χ0) is 13.6. The SMILES string of the molecule is O=C(O)Cc1ccccc1COCCC(F)(F)F. The van der Waals surface area contributed by atoms with Crippen molar-refractivity contribution in [1.82, 2.24) is 0 Å². The lowest BCUT2D eigenvalue weighted by Gasteiger charge is -2.10. The van der Waals surface area contributed by atoms with Crippen molar-refractivity contribution < 1.29 is 27.8 Å². The van der Waals surface area contributed by atoms with Crippen LogP contribution >= 0.6 is 0 Å². The van der Waals surface area contributed by atoms with Crippen molar-refractivity contribution in [3.8, 4) is 0 Å². The highest BCUT2D eigenvalue weighted by Gasteiger charge is 2.26. The Balaban J connectivity index is 2.49. The van der Waals surface area contributed by atoms with Gasteiger partial charge in [0.2, 0.25) is 0 Å². The van der Waals surface area contributed by atoms with Gasteiger partial charge in [0, 0.05) is 0 Å². The summed E-state index contributed by atoms with van der Waals surface area (Å²) in [6.07, 6.45) is -5.41. The normalized spacial score (nSPS) is 11.5. The van der Waals surface area contributed by atoms with Gasteiger partial charge in [0.25, 0.3) is 0 Å². The van der Waals surface area contributed by atoms with Crippen LogP contribution < -0.4 is 0 Å². The minimum absolute atomic E-state index is 0.0144. The van der Waals surface area contributed by atoms with Gasteiger partial charge in [-0.3, -0.25) is 4.79 Å². The van der Waals surface area contributed by atoms with Crippen molar-refractivity contribution >= 4 is 5.97 Å². The number of carboxylic acids is 1. The Kier molecular flexibility index (Phi) is 5.15. The molecule has 0 fully saturated rings. The summed E-state index contributed by atoms with van der Waals surface area (Å²) in [7, 11) is 0. The summed E-state index contributed by atoms with van der Waals surface area (Å²) in [5.74, 6) is -0.988. The predicted molar refractivity (Wildman–Crippen MR) is 58.1 cm³/mol. The van der Waals surface area contributed by atoms with E-state index in [1.807, 2.05) is 0 Å². The van der Waals surface area contributed by atoms with E-state index in [0.29, 0.717) is 11.1 Å². The van der Waals surface area contributed by atoms with Crippen molar-refractivity contribution in [2.75, 3.05) is 6.61 Å². The molecule has 0 saturated heterocycles. The molecule has 18 heavy (non-hydrogen) atoms. The molecule has 0 saturated carbocycles. The van der Waals surface area contributed by atoms with E-state index in [4.69, 9.17) is 9.84 Å². The molecular weight excluding hydrogens is 249 g/mol. The summed E-state index contributed by atoms with van der Waals surface area (Å²) in [6.45, 7) is -0.440. The lowest BCUT2D eigenvalue weighted by Crippen LogP contribution is -2.12. The molecule has 0 radical (unpaired) electrons. The first-order chi connectivity index (χ1) is 8.38. The third-order valence-corrected chi connectivity index (χ3v) is 2.25. The molecule has 0 aromatic heterocycles. The van der Waals surface area contributed by atoms with Gasteiger partial charge >= 0.3 is 12.1 Å². The number of rotatable bonds is 6. The summed E-state index contributed by atoms with van der Waals surface area (Å²) in [4.78, 5) is 10.6. The second-order valence-electron chi connectivity index (χ2n) is 3.76. The van der Waals surface area contributed by atoms with E-state index < -0.39 is 25.2 Å². The number of alkyl halides is 3. The molecule has 1 N–H and O–H groups in total. The maximum Gasteiger partial charge on any atom is 0.391 e. The summed E-state index contributed by atoms with van der Waals surface area (Å²) in [5, 5.41) is 8.68. The molecule has 0 aliphatic rings. The number of ether oxygens (including phenoxy) is 1. The predicted octanol–water partition coefficient (Wildman–Crippen LogP) is 2.78. The highest BCUT2D eigenvalue weighted by molar-refractivity contribution is 5.70. The third-order valence-electron chi connectivity index (χ3n) is 2.25. The summed E-state index contributed by atoms with van der Waals surface area (Å²) < 4.78 is 40.5. The van der Waals surface area contributed by atoms with E-state index in [2.05, 4.69) is 0 Å². The van der Waals surface area contributed by atoms with Crippen molar-refractivity contribution in [2.24, 2.45) is 0 Å². The average molecular weight is 262 g/mol. The fourth-order valence-electron chi connectivity index (χ4n) is 1.40. The molecular formula is C12H13F3O3. The van der Waals surface area contributed by atoms with Crippen LogP contribution in [0.5, 0.6) is 0 Å². The molecule has 1 aromatic rings. The van der Waals surface area contributed by atoms with Crippen molar-refractivity contribution in [2.45, 2.75) is 25.6 Å². The number of benzene rings is 1. The minimum atomic E-state index is -4.24. The second-order valence-corrected chi connectivity index (χ2v) is 3.76. The van der Waals surface area contributed by atoms with Crippen LogP contribution in [0.3, 0.4) is 0 Å². The molecule has 0 atom stereocenters. The molecule has 1 rings (SSSR count). The minimum Gasteiger partial charge on any atom is -0.481 e. The van der Waals surface area contributed by atoms with E-state index in [-0.39, 0.29) is 13.0 Å². The van der Waals surface area contributed by atoms with Gasteiger partial charge in [-0.2, -0.15) is 13.2 Å². The van der Waals surface area contributed by atoms with Gasteiger partial charge in [-0.15, -0.1) is 0 Å². The number of halogens is 3. The highest BCUT2D eigenvalue weighted by atomic mass is 19.4. The van der Waals surface area contributed by atoms with Crippen LogP contribution in [0.2, 0.25) is 0 Å². The zero-order valence-corrected chi connectivity index (χ0v) is 9.54. The summed E-state index contributed by atoms with van der Waals surface area (Å²) >= 11 is 0. The molecule has 0 bridgehead atoms. The molecule has 3 nitrogen and oxygen atoms in total. The number of hydrogen-bond donors (Lipinski definition) is 1. The quantitative estimate of drug-likeness (QED) is 0.802. The van der Waals surface area contributed by atoms with E-state index in [9.17, 15) is 18.0 Å². The van der Waals surface area contributed by atoms with Crippen LogP contribution in [-0.4, -0.2) is 23.9 Å². The van der Waals surface area contributed by atoms with Gasteiger partial charge in [-0.1, -0.05) is 24.3 Å². The average Bonchev–Trinajstić information content (AvgIpc) is 2.24. The third kappa shape index (κ3) is 5.67. The van der Waals surface area contributed by atoms with E-state index in [1.165, 1.54) is 0 Å². The Morgan fingerprint density at radius 2 is 1.83 bits per heavy atom. The molecule has 100 valence electrons. The Morgan fingerprint density at radius 3 is 2.39 bits per heavy atom. The van der Waals surface area contributed by atoms with Crippen LogP contribution in [-0.2, 0) is 22.6 Å². The van der Waals surface area contributed by atoms with Gasteiger partial charge in [-0.05, 0) is 11.1 Å². The number of hydrogen-bond acceptors (Lipinski definition) is 2. The first kappa shape index (κ1) is 14.5. The monoisotopic (exact) mass is 262 g/mol. The second kappa shape index (κ2) is 6.39. The maximum atomic E-state index is 11.9. The van der Waals surface area contributed by atoms with Crippen LogP contribution in [0.15, 0.2) is 24.3 Å². The van der Waals surface area contributed by atoms with Crippen LogP contribution in [0, 0.1) is 0 Å². The Hall–Kier alpha value is -1.56. The van der Waals surface area contributed by atoms with Gasteiger partial charge in [0.1, 0.15) is 0 Å². The standard InChI is InChI=1S/C12H13F3O3/c13-12(14,15)5-6-18-8-10-4-2-1-3-9(10)7-11(16)17/h1-4H,5-8H2,(H,16,17). The van der Waals surface area contributed by atoms with Crippen molar-refractivity contribution in [1.29, 1.82) is 0 Å².